The summed E-state index contributed by atoms with van der Waals surface area (Å²) in [6.45, 7) is 4.01. The molecule has 0 spiro atoms. The van der Waals surface area contributed by atoms with E-state index in [1.165, 1.54) is 6.07 Å². The molecule has 178 valence electrons. The minimum Gasteiger partial charge on any atom is -0.370 e. The topological polar surface area (TPSA) is 86.0 Å². The lowest BCUT2D eigenvalue weighted by Gasteiger charge is -2.33. The number of pyridine rings is 1. The molecule has 0 radical (unpaired) electrons. The van der Waals surface area contributed by atoms with Gasteiger partial charge in [0.25, 0.3) is 5.56 Å². The molecule has 1 aromatic carbocycles. The summed E-state index contributed by atoms with van der Waals surface area (Å²) in [4.78, 5) is 33.7. The van der Waals surface area contributed by atoms with Gasteiger partial charge in [0.05, 0.1) is 13.2 Å². The summed E-state index contributed by atoms with van der Waals surface area (Å²) < 4.78 is 22.7. The van der Waals surface area contributed by atoms with E-state index in [4.69, 9.17) is 26.3 Å². The lowest BCUT2D eigenvalue weighted by molar-refractivity contribution is 0.0391. The molecule has 8 nitrogen and oxygen atoms in total. The molecule has 0 amide bonds. The van der Waals surface area contributed by atoms with Crippen molar-refractivity contribution in [3.05, 3.63) is 74.8 Å². The third-order valence-electron chi connectivity index (χ3n) is 6.48. The van der Waals surface area contributed by atoms with Crippen molar-refractivity contribution in [1.29, 1.82) is 0 Å². The number of hydrogen-bond acceptors (Lipinski definition) is 7. The summed E-state index contributed by atoms with van der Waals surface area (Å²) in [5, 5.41) is 0.280. The van der Waals surface area contributed by atoms with Crippen molar-refractivity contribution >= 4 is 28.6 Å². The average Bonchev–Trinajstić information content (AvgIpc) is 3.33. The maximum atomic E-state index is 15.0. The molecule has 5 heterocycles. The van der Waals surface area contributed by atoms with Gasteiger partial charge < -0.3 is 9.64 Å². The predicted molar refractivity (Wildman–Crippen MR) is 130 cm³/mol. The molecule has 0 aliphatic carbocycles. The number of fused-ring (bicyclic) bond motifs is 2. The Morgan fingerprint density at radius 1 is 1.11 bits per heavy atom. The molecule has 1 atom stereocenters. The molecule has 1 fully saturated rings. The predicted octanol–water partition coefficient (Wildman–Crippen LogP) is 3.87. The molecule has 0 bridgehead atoms. The second kappa shape index (κ2) is 8.66. The third kappa shape index (κ3) is 3.94. The Balaban J connectivity index is 1.51. The summed E-state index contributed by atoms with van der Waals surface area (Å²) in [7, 11) is 0. The number of aryl methyl sites for hydroxylation is 2. The molecule has 4 aromatic rings. The molecule has 1 saturated heterocycles. The van der Waals surface area contributed by atoms with Gasteiger partial charge >= 0.3 is 0 Å². The average molecular weight is 493 g/mol. The van der Waals surface area contributed by atoms with Crippen molar-refractivity contribution in [2.45, 2.75) is 32.4 Å². The highest BCUT2D eigenvalue weighted by molar-refractivity contribution is 6.30. The van der Waals surface area contributed by atoms with E-state index in [1.54, 1.807) is 22.9 Å². The Hall–Kier alpha value is -3.43. The molecule has 2 aliphatic rings. The van der Waals surface area contributed by atoms with Gasteiger partial charge in [0.1, 0.15) is 29.0 Å². The maximum absolute atomic E-state index is 15.0. The number of aromatic nitrogens is 5. The second-order valence-electron chi connectivity index (χ2n) is 8.82. The highest BCUT2D eigenvalue weighted by Gasteiger charge is 2.28. The van der Waals surface area contributed by atoms with Crippen molar-refractivity contribution < 1.29 is 9.13 Å². The van der Waals surface area contributed by atoms with Crippen molar-refractivity contribution in [1.82, 2.24) is 24.5 Å². The molecule has 3 aromatic heterocycles. The van der Waals surface area contributed by atoms with Gasteiger partial charge in [0.15, 0.2) is 5.52 Å². The van der Waals surface area contributed by atoms with Gasteiger partial charge in [-0.1, -0.05) is 11.6 Å². The number of ether oxygens (including phenoxy) is 1. The zero-order chi connectivity index (χ0) is 24.1. The molecule has 0 saturated carbocycles. The van der Waals surface area contributed by atoms with Gasteiger partial charge in [-0.3, -0.25) is 14.3 Å². The van der Waals surface area contributed by atoms with Crippen LogP contribution in [0.3, 0.4) is 0 Å². The second-order valence-corrected chi connectivity index (χ2v) is 9.25. The van der Waals surface area contributed by atoms with Crippen molar-refractivity contribution in [2.75, 3.05) is 24.6 Å². The number of rotatable bonds is 3. The maximum Gasteiger partial charge on any atom is 0.280 e. The van der Waals surface area contributed by atoms with E-state index in [-0.39, 0.29) is 33.5 Å². The molecule has 2 aliphatic heterocycles. The van der Waals surface area contributed by atoms with Crippen LogP contribution >= 0.6 is 11.6 Å². The van der Waals surface area contributed by atoms with Crippen LogP contribution in [-0.2, 0) is 17.7 Å². The summed E-state index contributed by atoms with van der Waals surface area (Å²) in [6.07, 6.45) is 3.07. The molecule has 10 heteroatoms. The van der Waals surface area contributed by atoms with E-state index in [0.29, 0.717) is 50.0 Å². The number of nitrogens with zero attached hydrogens (tertiary/aromatic N) is 6. The number of hydrogen-bond donors (Lipinski definition) is 0. The molecule has 35 heavy (non-hydrogen) atoms. The first kappa shape index (κ1) is 22.1. The zero-order valence-corrected chi connectivity index (χ0v) is 19.8. The van der Waals surface area contributed by atoms with E-state index >= 15 is 4.39 Å². The van der Waals surface area contributed by atoms with Crippen molar-refractivity contribution in [3.8, 4) is 11.3 Å². The van der Waals surface area contributed by atoms with E-state index in [1.807, 2.05) is 24.0 Å². The van der Waals surface area contributed by atoms with Gasteiger partial charge in [0, 0.05) is 42.0 Å². The normalized spacial score (nSPS) is 17.7. The minimum atomic E-state index is -0.530. The van der Waals surface area contributed by atoms with E-state index in [2.05, 4.69) is 9.97 Å². The Morgan fingerprint density at radius 2 is 2.00 bits per heavy atom. The fourth-order valence-corrected chi connectivity index (χ4v) is 4.92. The van der Waals surface area contributed by atoms with Crippen LogP contribution in [0.1, 0.15) is 29.6 Å². The summed E-state index contributed by atoms with van der Waals surface area (Å²) in [5.41, 5.74) is 2.69. The SMILES string of the molecule is Cc1cc([C@H]2CN(c3nc(-c4ccc(Cl)cc4F)c4nc5n(c(=O)c4n3)CCC5)CCO2)ccn1. The van der Waals surface area contributed by atoms with Gasteiger partial charge in [-0.2, -0.15) is 0 Å². The van der Waals surface area contributed by atoms with Crippen LogP contribution in [0.2, 0.25) is 5.02 Å². The highest BCUT2D eigenvalue weighted by Crippen LogP contribution is 2.32. The first-order chi connectivity index (χ1) is 17.0. The minimum absolute atomic E-state index is 0.188. The number of anilines is 1. The quantitative estimate of drug-likeness (QED) is 0.429. The number of halogens is 2. The Morgan fingerprint density at radius 3 is 2.83 bits per heavy atom. The van der Waals surface area contributed by atoms with Gasteiger partial charge in [-0.15, -0.1) is 0 Å². The fourth-order valence-electron chi connectivity index (χ4n) is 4.76. The molecular weight excluding hydrogens is 471 g/mol. The Labute approximate surface area is 205 Å². The lowest BCUT2D eigenvalue weighted by Crippen LogP contribution is -2.39. The van der Waals surface area contributed by atoms with Gasteiger partial charge in [-0.05, 0) is 49.2 Å². The molecule has 0 N–H and O–H groups in total. The standard InChI is InChI=1S/C25H22ClFN6O2/c1-14-11-15(6-7-28-14)19-13-32(9-10-35-19)25-30-21(17-5-4-16(26)12-18(17)27)22-23(31-25)24(34)33-8-2-3-20(33)29-22/h4-7,11-12,19H,2-3,8-10,13H2,1H3/t19-/m1/s1. The molecule has 6 rings (SSSR count). The molecular formula is C25H22ClFN6O2. The van der Waals surface area contributed by atoms with E-state index in [9.17, 15) is 4.79 Å². The lowest BCUT2D eigenvalue weighted by atomic mass is 10.1. The summed E-state index contributed by atoms with van der Waals surface area (Å²) in [6, 6.07) is 8.32. The van der Waals surface area contributed by atoms with Crippen molar-refractivity contribution in [3.63, 3.8) is 0 Å². The first-order valence-electron chi connectivity index (χ1n) is 11.5. The van der Waals surface area contributed by atoms with Gasteiger partial charge in [0.2, 0.25) is 5.95 Å². The van der Waals surface area contributed by atoms with Crippen LogP contribution in [0.25, 0.3) is 22.3 Å². The van der Waals surface area contributed by atoms with Crippen LogP contribution in [0.4, 0.5) is 10.3 Å². The van der Waals surface area contributed by atoms with Crippen LogP contribution < -0.4 is 10.5 Å². The highest BCUT2D eigenvalue weighted by atomic mass is 35.5. The summed E-state index contributed by atoms with van der Waals surface area (Å²) >= 11 is 5.99. The van der Waals surface area contributed by atoms with E-state index < -0.39 is 5.82 Å². The van der Waals surface area contributed by atoms with Crippen LogP contribution in [0.5, 0.6) is 0 Å². The molecule has 0 unspecified atom stereocenters. The largest absolute Gasteiger partial charge is 0.370 e. The van der Waals surface area contributed by atoms with Gasteiger partial charge in [-0.25, -0.2) is 19.3 Å². The zero-order valence-electron chi connectivity index (χ0n) is 19.0. The smallest absolute Gasteiger partial charge is 0.280 e. The van der Waals surface area contributed by atoms with Crippen LogP contribution in [-0.4, -0.2) is 44.2 Å². The fraction of sp³-hybridized carbons (Fsp3) is 0.320. The monoisotopic (exact) mass is 492 g/mol. The number of benzene rings is 1. The summed E-state index contributed by atoms with van der Waals surface area (Å²) in [5.74, 6) is 0.491. The first-order valence-corrected chi connectivity index (χ1v) is 11.9. The Bertz CT molecular complexity index is 1520. The van der Waals surface area contributed by atoms with Crippen LogP contribution in [0.15, 0.2) is 41.3 Å². The van der Waals surface area contributed by atoms with Crippen LogP contribution in [0, 0.1) is 12.7 Å². The number of morpholine rings is 1. The third-order valence-corrected chi connectivity index (χ3v) is 6.72. The van der Waals surface area contributed by atoms with E-state index in [0.717, 1.165) is 17.7 Å². The Kier molecular flexibility index (Phi) is 5.46. The van der Waals surface area contributed by atoms with Crippen molar-refractivity contribution in [2.24, 2.45) is 0 Å².